The molecule has 0 saturated heterocycles. The number of aliphatic hydroxyl groups is 1. The lowest BCUT2D eigenvalue weighted by Crippen LogP contribution is -2.58. The fourth-order valence-electron chi connectivity index (χ4n) is 4.55. The SMILES string of the molecule is C=C(C)[C@H]1C[C@@]2(C)[C@H](CC(=O)C[C@@H]2C)[C@H](OC(=O)C/C(C)=C\C)[C@@H]1O. The predicted octanol–water partition coefficient (Wildman–Crippen LogP) is 3.83. The Morgan fingerprint density at radius 1 is 1.40 bits per heavy atom. The van der Waals surface area contributed by atoms with Crippen molar-refractivity contribution in [3.63, 3.8) is 0 Å². The maximum atomic E-state index is 12.4. The van der Waals surface area contributed by atoms with Gasteiger partial charge in [-0.1, -0.05) is 37.6 Å². The summed E-state index contributed by atoms with van der Waals surface area (Å²) in [5, 5.41) is 10.9. The number of hydrogen-bond donors (Lipinski definition) is 1. The molecule has 1 N–H and O–H groups in total. The first-order valence-corrected chi connectivity index (χ1v) is 9.26. The number of carbonyl (C=O) groups is 2. The quantitative estimate of drug-likeness (QED) is 0.619. The molecule has 2 fully saturated rings. The Labute approximate surface area is 151 Å². The third-order valence-electron chi connectivity index (χ3n) is 6.58. The average Bonchev–Trinajstić information content (AvgIpc) is 2.52. The molecule has 140 valence electrons. The molecule has 2 aliphatic carbocycles. The van der Waals surface area contributed by atoms with Gasteiger partial charge in [-0.2, -0.15) is 0 Å². The van der Waals surface area contributed by atoms with Gasteiger partial charge >= 0.3 is 5.97 Å². The normalized spacial score (nSPS) is 38.9. The Hall–Kier alpha value is -1.42. The van der Waals surface area contributed by atoms with Crippen molar-refractivity contribution in [3.8, 4) is 0 Å². The van der Waals surface area contributed by atoms with E-state index in [1.165, 1.54) is 0 Å². The van der Waals surface area contributed by atoms with Crippen molar-refractivity contribution in [2.45, 2.75) is 72.5 Å². The topological polar surface area (TPSA) is 63.6 Å². The number of esters is 1. The van der Waals surface area contributed by atoms with E-state index in [0.29, 0.717) is 12.8 Å². The van der Waals surface area contributed by atoms with Crippen LogP contribution in [0.3, 0.4) is 0 Å². The minimum Gasteiger partial charge on any atom is -0.459 e. The number of ether oxygens (including phenoxy) is 1. The Kier molecular flexibility index (Phi) is 5.93. The number of carbonyl (C=O) groups excluding carboxylic acids is 2. The van der Waals surface area contributed by atoms with Crippen LogP contribution in [0.25, 0.3) is 0 Å². The molecule has 0 aliphatic heterocycles. The number of ketones is 1. The predicted molar refractivity (Wildman–Crippen MR) is 97.9 cm³/mol. The summed E-state index contributed by atoms with van der Waals surface area (Å²) in [5.41, 5.74) is 1.70. The zero-order chi connectivity index (χ0) is 18.9. The standard InChI is InChI=1S/C21H32O4/c1-7-13(4)8-18(23)25-20-17-10-15(22)9-14(5)21(17,6)11-16(12(2)3)19(20)24/h7,14,16-17,19-20,24H,2,8-11H2,1,3-6H3/b13-7-/t14-,16+,17+,19+,20-,21+/m0/s1. The van der Waals surface area contributed by atoms with Crippen molar-refractivity contribution in [3.05, 3.63) is 23.8 Å². The first-order chi connectivity index (χ1) is 11.6. The van der Waals surface area contributed by atoms with E-state index < -0.39 is 12.2 Å². The highest BCUT2D eigenvalue weighted by Gasteiger charge is 2.56. The summed E-state index contributed by atoms with van der Waals surface area (Å²) in [6, 6.07) is 0. The molecular weight excluding hydrogens is 316 g/mol. The number of Topliss-reactive ketones (excluding diaryl/α,β-unsaturated/α-hetero) is 1. The van der Waals surface area contributed by atoms with Crippen LogP contribution in [0, 0.1) is 23.2 Å². The van der Waals surface area contributed by atoms with Gasteiger partial charge in [0, 0.05) is 24.7 Å². The molecule has 0 spiro atoms. The second-order valence-corrected chi connectivity index (χ2v) is 8.37. The zero-order valence-electron chi connectivity index (χ0n) is 16.2. The minimum absolute atomic E-state index is 0.113. The van der Waals surface area contributed by atoms with E-state index in [9.17, 15) is 14.7 Å². The molecule has 6 atom stereocenters. The van der Waals surface area contributed by atoms with Crippen LogP contribution in [-0.2, 0) is 14.3 Å². The minimum atomic E-state index is -0.802. The van der Waals surface area contributed by atoms with Gasteiger partial charge in [0.05, 0.1) is 12.5 Å². The van der Waals surface area contributed by atoms with E-state index in [0.717, 1.165) is 17.6 Å². The van der Waals surface area contributed by atoms with Crippen molar-refractivity contribution in [1.82, 2.24) is 0 Å². The van der Waals surface area contributed by atoms with Crippen molar-refractivity contribution < 1.29 is 19.4 Å². The van der Waals surface area contributed by atoms with E-state index in [4.69, 9.17) is 4.74 Å². The number of fused-ring (bicyclic) bond motifs is 1. The van der Waals surface area contributed by atoms with E-state index in [1.54, 1.807) is 0 Å². The van der Waals surface area contributed by atoms with Gasteiger partial charge in [-0.25, -0.2) is 0 Å². The number of allylic oxidation sites excluding steroid dienone is 1. The van der Waals surface area contributed by atoms with Gasteiger partial charge in [-0.15, -0.1) is 0 Å². The van der Waals surface area contributed by atoms with Crippen LogP contribution in [0.2, 0.25) is 0 Å². The average molecular weight is 348 g/mol. The van der Waals surface area contributed by atoms with E-state index in [1.807, 2.05) is 26.8 Å². The summed E-state index contributed by atoms with van der Waals surface area (Å²) < 4.78 is 5.76. The molecule has 2 saturated carbocycles. The number of hydrogen-bond acceptors (Lipinski definition) is 4. The van der Waals surface area contributed by atoms with Crippen molar-refractivity contribution in [2.24, 2.45) is 23.2 Å². The summed E-state index contributed by atoms with van der Waals surface area (Å²) >= 11 is 0. The molecule has 2 aliphatic rings. The number of aliphatic hydroxyl groups excluding tert-OH is 1. The molecule has 2 rings (SSSR count). The zero-order valence-corrected chi connectivity index (χ0v) is 16.2. The monoisotopic (exact) mass is 348 g/mol. The summed E-state index contributed by atoms with van der Waals surface area (Å²) in [4.78, 5) is 24.6. The lowest BCUT2D eigenvalue weighted by atomic mass is 9.51. The van der Waals surface area contributed by atoms with Gasteiger partial charge in [0.1, 0.15) is 11.9 Å². The second kappa shape index (κ2) is 7.45. The van der Waals surface area contributed by atoms with Crippen molar-refractivity contribution >= 4 is 11.8 Å². The highest BCUT2D eigenvalue weighted by Crippen LogP contribution is 2.55. The molecule has 0 heterocycles. The van der Waals surface area contributed by atoms with Crippen LogP contribution in [0.5, 0.6) is 0 Å². The molecular formula is C21H32O4. The molecule has 0 radical (unpaired) electrons. The molecule has 0 bridgehead atoms. The molecule has 0 aromatic rings. The third-order valence-corrected chi connectivity index (χ3v) is 6.58. The summed E-state index contributed by atoms with van der Waals surface area (Å²) in [5.74, 6) is -0.190. The lowest BCUT2D eigenvalue weighted by molar-refractivity contribution is -0.189. The van der Waals surface area contributed by atoms with Crippen molar-refractivity contribution in [1.29, 1.82) is 0 Å². The Morgan fingerprint density at radius 3 is 2.60 bits per heavy atom. The van der Waals surface area contributed by atoms with Crippen LogP contribution in [0.4, 0.5) is 0 Å². The van der Waals surface area contributed by atoms with Gasteiger partial charge in [0.15, 0.2) is 0 Å². The molecule has 0 aromatic heterocycles. The summed E-state index contributed by atoms with van der Waals surface area (Å²) in [6.45, 7) is 14.0. The number of rotatable bonds is 4. The largest absolute Gasteiger partial charge is 0.459 e. The molecule has 0 unspecified atom stereocenters. The highest BCUT2D eigenvalue weighted by atomic mass is 16.6. The molecule has 0 aromatic carbocycles. The van der Waals surface area contributed by atoms with E-state index in [-0.39, 0.29) is 41.3 Å². The Morgan fingerprint density at radius 2 is 2.04 bits per heavy atom. The first kappa shape index (κ1) is 19.9. The highest BCUT2D eigenvalue weighted by molar-refractivity contribution is 5.80. The fourth-order valence-corrected chi connectivity index (χ4v) is 4.55. The second-order valence-electron chi connectivity index (χ2n) is 8.37. The van der Waals surface area contributed by atoms with Crippen LogP contribution < -0.4 is 0 Å². The molecule has 25 heavy (non-hydrogen) atoms. The van der Waals surface area contributed by atoms with Crippen LogP contribution in [-0.4, -0.2) is 29.1 Å². The summed E-state index contributed by atoms with van der Waals surface area (Å²) in [7, 11) is 0. The van der Waals surface area contributed by atoms with Crippen molar-refractivity contribution in [2.75, 3.05) is 0 Å². The third kappa shape index (κ3) is 3.89. The van der Waals surface area contributed by atoms with Crippen LogP contribution in [0.1, 0.15) is 60.3 Å². The fraction of sp³-hybridized carbons (Fsp3) is 0.714. The van der Waals surface area contributed by atoms with Crippen LogP contribution in [0.15, 0.2) is 23.8 Å². The molecule has 4 heteroatoms. The first-order valence-electron chi connectivity index (χ1n) is 9.26. The van der Waals surface area contributed by atoms with Gasteiger partial charge in [-0.3, -0.25) is 9.59 Å². The smallest absolute Gasteiger partial charge is 0.310 e. The summed E-state index contributed by atoms with van der Waals surface area (Å²) in [6.07, 6.45) is 2.36. The van der Waals surface area contributed by atoms with Gasteiger partial charge in [0.2, 0.25) is 0 Å². The lowest BCUT2D eigenvalue weighted by Gasteiger charge is -2.55. The van der Waals surface area contributed by atoms with Gasteiger partial charge in [0.25, 0.3) is 0 Å². The van der Waals surface area contributed by atoms with E-state index in [2.05, 4.69) is 20.4 Å². The Balaban J connectivity index is 2.33. The van der Waals surface area contributed by atoms with Crippen LogP contribution >= 0.6 is 0 Å². The maximum Gasteiger partial charge on any atom is 0.310 e. The Bertz CT molecular complexity index is 591. The molecule has 4 nitrogen and oxygen atoms in total. The molecule has 0 amide bonds. The van der Waals surface area contributed by atoms with Gasteiger partial charge in [-0.05, 0) is 38.5 Å². The maximum absolute atomic E-state index is 12.4. The van der Waals surface area contributed by atoms with E-state index >= 15 is 0 Å². The van der Waals surface area contributed by atoms with Gasteiger partial charge < -0.3 is 9.84 Å².